The number of carbonyl (C=O) groups excluding carboxylic acids is 2. The van der Waals surface area contributed by atoms with Crippen LogP contribution in [0.25, 0.3) is 11.0 Å². The maximum Gasteiger partial charge on any atom is 0.289 e. The maximum absolute atomic E-state index is 13.7. The highest BCUT2D eigenvalue weighted by Crippen LogP contribution is 2.22. The van der Waals surface area contributed by atoms with Gasteiger partial charge in [-0.1, -0.05) is 6.07 Å². The fourth-order valence-electron chi connectivity index (χ4n) is 3.37. The maximum atomic E-state index is 13.7. The fraction of sp³-hybridized carbons (Fsp3) is 0.250. The number of hydrogen-bond donors (Lipinski definition) is 1. The van der Waals surface area contributed by atoms with Crippen LogP contribution in [0.4, 0.5) is 8.78 Å². The van der Waals surface area contributed by atoms with Crippen molar-refractivity contribution >= 4 is 22.8 Å². The predicted octanol–water partition coefficient (Wildman–Crippen LogP) is 2.72. The van der Waals surface area contributed by atoms with E-state index in [2.05, 4.69) is 10.3 Å². The predicted molar refractivity (Wildman–Crippen MR) is 98.8 cm³/mol. The number of hydrogen-bond acceptors (Lipinski definition) is 3. The van der Waals surface area contributed by atoms with Crippen LogP contribution in [0.3, 0.4) is 0 Å². The third kappa shape index (κ3) is 3.11. The molecule has 3 aromatic rings. The summed E-state index contributed by atoms with van der Waals surface area (Å²) in [5.74, 6) is -1.54. The van der Waals surface area contributed by atoms with Crippen molar-refractivity contribution in [1.29, 1.82) is 0 Å². The van der Waals surface area contributed by atoms with Crippen molar-refractivity contribution in [3.8, 4) is 0 Å². The van der Waals surface area contributed by atoms with Gasteiger partial charge in [0.25, 0.3) is 11.8 Å². The topological polar surface area (TPSA) is 67.2 Å². The van der Waals surface area contributed by atoms with Crippen molar-refractivity contribution in [3.05, 3.63) is 65.0 Å². The number of benzene rings is 2. The third-order valence-corrected chi connectivity index (χ3v) is 4.92. The van der Waals surface area contributed by atoms with E-state index in [0.717, 1.165) is 17.6 Å². The normalized spacial score (nSPS) is 13.7. The number of halogens is 2. The van der Waals surface area contributed by atoms with Gasteiger partial charge in [0.2, 0.25) is 0 Å². The van der Waals surface area contributed by atoms with E-state index in [1.807, 2.05) is 11.5 Å². The van der Waals surface area contributed by atoms with Crippen LogP contribution < -0.4 is 5.32 Å². The van der Waals surface area contributed by atoms with E-state index in [4.69, 9.17) is 0 Å². The van der Waals surface area contributed by atoms with Crippen LogP contribution in [0, 0.1) is 11.6 Å². The summed E-state index contributed by atoms with van der Waals surface area (Å²) in [4.78, 5) is 31.0. The number of nitrogens with zero attached hydrogens (tertiary/aromatic N) is 3. The number of carbonyl (C=O) groups is 2. The molecular formula is C20H18F2N4O2. The summed E-state index contributed by atoms with van der Waals surface area (Å²) in [5.41, 5.74) is 1.89. The van der Waals surface area contributed by atoms with Crippen molar-refractivity contribution in [2.24, 2.45) is 0 Å². The summed E-state index contributed by atoms with van der Waals surface area (Å²) >= 11 is 0. The van der Waals surface area contributed by atoms with Crippen molar-refractivity contribution in [1.82, 2.24) is 19.8 Å². The van der Waals surface area contributed by atoms with Crippen LogP contribution in [-0.4, -0.2) is 39.4 Å². The first kappa shape index (κ1) is 18.1. The number of nitrogens with one attached hydrogen (secondary N) is 1. The Morgan fingerprint density at radius 1 is 1.18 bits per heavy atom. The molecule has 2 amide bonds. The number of imidazole rings is 1. The molecule has 1 aliphatic rings. The first-order valence-electron chi connectivity index (χ1n) is 8.99. The number of fused-ring (bicyclic) bond motifs is 3. The molecule has 0 unspecified atom stereocenters. The summed E-state index contributed by atoms with van der Waals surface area (Å²) in [5, 5.41) is 2.62. The van der Waals surface area contributed by atoms with Gasteiger partial charge in [-0.3, -0.25) is 9.59 Å². The van der Waals surface area contributed by atoms with Crippen LogP contribution in [0.2, 0.25) is 0 Å². The number of rotatable bonds is 4. The Morgan fingerprint density at radius 3 is 2.75 bits per heavy atom. The summed E-state index contributed by atoms with van der Waals surface area (Å²) in [6.45, 7) is 3.75. The lowest BCUT2D eigenvalue weighted by atomic mass is 10.1. The zero-order chi connectivity index (χ0) is 19.8. The molecule has 0 fully saturated rings. The molecule has 1 N–H and O–H groups in total. The fourth-order valence-corrected chi connectivity index (χ4v) is 3.37. The van der Waals surface area contributed by atoms with Crippen LogP contribution in [-0.2, 0) is 13.1 Å². The van der Waals surface area contributed by atoms with Gasteiger partial charge >= 0.3 is 0 Å². The zero-order valence-electron chi connectivity index (χ0n) is 15.2. The molecule has 6 nitrogen and oxygen atoms in total. The molecule has 0 aliphatic carbocycles. The number of amides is 2. The average Bonchev–Trinajstić information content (AvgIpc) is 3.06. The van der Waals surface area contributed by atoms with Gasteiger partial charge < -0.3 is 14.8 Å². The Kier molecular flexibility index (Phi) is 4.54. The monoisotopic (exact) mass is 384 g/mol. The average molecular weight is 384 g/mol. The Balaban J connectivity index is 1.56. The summed E-state index contributed by atoms with van der Waals surface area (Å²) in [6, 6.07) is 8.23. The quantitative estimate of drug-likeness (QED) is 0.752. The minimum atomic E-state index is -0.712. The molecule has 28 heavy (non-hydrogen) atoms. The Hall–Kier alpha value is -3.29. The molecule has 144 valence electrons. The molecule has 2 aromatic carbocycles. The van der Waals surface area contributed by atoms with Gasteiger partial charge in [-0.15, -0.1) is 0 Å². The minimum absolute atomic E-state index is 0.0629. The molecule has 1 aromatic heterocycles. The van der Waals surface area contributed by atoms with Crippen LogP contribution in [0.1, 0.15) is 33.5 Å². The highest BCUT2D eigenvalue weighted by Gasteiger charge is 2.27. The zero-order valence-corrected chi connectivity index (χ0v) is 15.2. The van der Waals surface area contributed by atoms with Gasteiger partial charge in [-0.2, -0.15) is 0 Å². The van der Waals surface area contributed by atoms with Gasteiger partial charge in [0.1, 0.15) is 11.6 Å². The minimum Gasteiger partial charge on any atom is -0.348 e. The molecule has 0 atom stereocenters. The SMILES string of the molecule is CCN1CCn2c(nc3cc(C(=O)NCc4ccc(F)cc4F)ccc32)C1=O. The van der Waals surface area contributed by atoms with Gasteiger partial charge in [0.05, 0.1) is 11.0 Å². The molecule has 4 rings (SSSR count). The molecule has 1 aliphatic heterocycles. The van der Waals surface area contributed by atoms with Crippen molar-refractivity contribution < 1.29 is 18.4 Å². The molecule has 0 radical (unpaired) electrons. The van der Waals surface area contributed by atoms with E-state index >= 15 is 0 Å². The summed E-state index contributed by atoms with van der Waals surface area (Å²) < 4.78 is 28.5. The third-order valence-electron chi connectivity index (χ3n) is 4.92. The first-order chi connectivity index (χ1) is 13.5. The summed E-state index contributed by atoms with van der Waals surface area (Å²) in [7, 11) is 0. The van der Waals surface area contributed by atoms with E-state index in [-0.39, 0.29) is 18.0 Å². The van der Waals surface area contributed by atoms with Gasteiger partial charge in [0, 0.05) is 43.4 Å². The van der Waals surface area contributed by atoms with Crippen LogP contribution in [0.15, 0.2) is 36.4 Å². The molecule has 0 bridgehead atoms. The smallest absolute Gasteiger partial charge is 0.289 e. The van der Waals surface area contributed by atoms with E-state index < -0.39 is 17.5 Å². The highest BCUT2D eigenvalue weighted by molar-refractivity contribution is 5.99. The van der Waals surface area contributed by atoms with Crippen LogP contribution >= 0.6 is 0 Å². The lowest BCUT2D eigenvalue weighted by Crippen LogP contribution is -2.40. The second kappa shape index (κ2) is 7.03. The second-order valence-electron chi connectivity index (χ2n) is 6.59. The molecular weight excluding hydrogens is 366 g/mol. The van der Waals surface area contributed by atoms with Gasteiger partial charge in [0.15, 0.2) is 5.82 Å². The lowest BCUT2D eigenvalue weighted by molar-refractivity contribution is 0.0709. The van der Waals surface area contributed by atoms with Crippen LogP contribution in [0.5, 0.6) is 0 Å². The second-order valence-corrected chi connectivity index (χ2v) is 6.59. The van der Waals surface area contributed by atoms with Gasteiger partial charge in [-0.05, 0) is 31.2 Å². The Bertz CT molecular complexity index is 1090. The molecule has 0 saturated heterocycles. The standard InChI is InChI=1S/C20H18F2N4O2/c1-2-25-7-8-26-17-6-4-12(9-16(17)24-18(26)20(25)28)19(27)23-11-13-3-5-14(21)10-15(13)22/h3-6,9-10H,2,7-8,11H2,1H3,(H,23,27). The van der Waals surface area contributed by atoms with Crippen molar-refractivity contribution in [2.45, 2.75) is 20.0 Å². The first-order valence-corrected chi connectivity index (χ1v) is 8.99. The largest absolute Gasteiger partial charge is 0.348 e. The molecule has 0 spiro atoms. The molecule has 8 heteroatoms. The number of likely N-dealkylation sites (N-methyl/N-ethyl adjacent to an activating group) is 1. The van der Waals surface area contributed by atoms with E-state index in [0.29, 0.717) is 36.5 Å². The highest BCUT2D eigenvalue weighted by atomic mass is 19.1. The Labute approximate surface area is 159 Å². The van der Waals surface area contributed by atoms with E-state index in [1.54, 1.807) is 23.1 Å². The number of aromatic nitrogens is 2. The Morgan fingerprint density at radius 2 is 2.00 bits per heavy atom. The van der Waals surface area contributed by atoms with Gasteiger partial charge in [-0.25, -0.2) is 13.8 Å². The molecule has 2 heterocycles. The lowest BCUT2D eigenvalue weighted by Gasteiger charge is -2.26. The van der Waals surface area contributed by atoms with E-state index in [1.165, 1.54) is 6.07 Å². The van der Waals surface area contributed by atoms with Crippen molar-refractivity contribution in [2.75, 3.05) is 13.1 Å². The summed E-state index contributed by atoms with van der Waals surface area (Å²) in [6.07, 6.45) is 0. The molecule has 0 saturated carbocycles. The van der Waals surface area contributed by atoms with E-state index in [9.17, 15) is 18.4 Å². The van der Waals surface area contributed by atoms with Crippen molar-refractivity contribution in [3.63, 3.8) is 0 Å².